The summed E-state index contributed by atoms with van der Waals surface area (Å²) in [6, 6.07) is 6.96. The average Bonchev–Trinajstić information content (AvgIpc) is 2.52. The molecule has 0 fully saturated rings. The first-order chi connectivity index (χ1) is 10.8. The molecular formula is C16H16F3N3O. The van der Waals surface area contributed by atoms with E-state index in [0.29, 0.717) is 11.1 Å². The van der Waals surface area contributed by atoms with Crippen LogP contribution in [-0.2, 0) is 12.5 Å². The zero-order valence-electron chi connectivity index (χ0n) is 12.7. The third-order valence-corrected chi connectivity index (χ3v) is 3.19. The molecule has 7 heteroatoms. The van der Waals surface area contributed by atoms with Crippen molar-refractivity contribution in [3.05, 3.63) is 59.0 Å². The second-order valence-electron chi connectivity index (χ2n) is 5.00. The fraction of sp³-hybridized carbons (Fsp3) is 0.250. The van der Waals surface area contributed by atoms with Crippen LogP contribution in [0.15, 0.2) is 41.5 Å². The van der Waals surface area contributed by atoms with Crippen LogP contribution in [0.3, 0.4) is 0 Å². The van der Waals surface area contributed by atoms with Crippen molar-refractivity contribution in [3.63, 3.8) is 0 Å². The minimum atomic E-state index is -2.88. The van der Waals surface area contributed by atoms with Gasteiger partial charge < -0.3 is 10.5 Å². The fourth-order valence-electron chi connectivity index (χ4n) is 1.89. The summed E-state index contributed by atoms with van der Waals surface area (Å²) in [5.41, 5.74) is 6.75. The number of rotatable bonds is 5. The summed E-state index contributed by atoms with van der Waals surface area (Å²) in [6.07, 6.45) is 1.35. The molecule has 0 unspecified atom stereocenters. The van der Waals surface area contributed by atoms with Crippen LogP contribution >= 0.6 is 0 Å². The van der Waals surface area contributed by atoms with E-state index in [9.17, 15) is 13.2 Å². The lowest BCUT2D eigenvalue weighted by molar-refractivity contribution is 0.0174. The summed E-state index contributed by atoms with van der Waals surface area (Å²) < 4.78 is 44.5. The number of alkyl halides is 2. The predicted octanol–water partition coefficient (Wildman–Crippen LogP) is 3.25. The van der Waals surface area contributed by atoms with Gasteiger partial charge in [-0.3, -0.25) is 4.99 Å². The van der Waals surface area contributed by atoms with E-state index >= 15 is 0 Å². The number of pyridine rings is 1. The molecule has 0 atom stereocenters. The first-order valence-corrected chi connectivity index (χ1v) is 6.78. The summed E-state index contributed by atoms with van der Waals surface area (Å²) in [5.74, 6) is -3.55. The summed E-state index contributed by atoms with van der Waals surface area (Å²) in [5, 5.41) is 0. The number of nitrogens with zero attached hydrogens (tertiary/aromatic N) is 2. The van der Waals surface area contributed by atoms with E-state index in [0.717, 1.165) is 6.92 Å². The van der Waals surface area contributed by atoms with Gasteiger partial charge in [-0.1, -0.05) is 24.3 Å². The van der Waals surface area contributed by atoms with E-state index in [4.69, 9.17) is 10.5 Å². The summed E-state index contributed by atoms with van der Waals surface area (Å²) in [6.45, 7) is 1.03. The predicted molar refractivity (Wildman–Crippen MR) is 81.2 cm³/mol. The van der Waals surface area contributed by atoms with Crippen molar-refractivity contribution in [2.75, 3.05) is 7.11 Å². The number of aromatic nitrogens is 1. The van der Waals surface area contributed by atoms with Crippen molar-refractivity contribution in [3.8, 4) is 5.88 Å². The van der Waals surface area contributed by atoms with Gasteiger partial charge in [-0.25, -0.2) is 18.2 Å². The second-order valence-corrected chi connectivity index (χ2v) is 5.00. The molecule has 1 aromatic heterocycles. The molecule has 1 heterocycles. The van der Waals surface area contributed by atoms with Gasteiger partial charge in [-0.15, -0.1) is 0 Å². The van der Waals surface area contributed by atoms with Crippen LogP contribution in [0.5, 0.6) is 5.88 Å². The molecule has 1 aromatic carbocycles. The van der Waals surface area contributed by atoms with Gasteiger partial charge >= 0.3 is 0 Å². The van der Waals surface area contributed by atoms with Gasteiger partial charge in [0, 0.05) is 24.2 Å². The highest BCUT2D eigenvalue weighted by atomic mass is 19.3. The summed E-state index contributed by atoms with van der Waals surface area (Å²) >= 11 is 0. The van der Waals surface area contributed by atoms with Crippen molar-refractivity contribution in [2.45, 2.75) is 19.4 Å². The van der Waals surface area contributed by atoms with Crippen LogP contribution in [0.1, 0.15) is 23.6 Å². The number of aliphatic imine (C=N–C) groups is 1. The number of nitrogens with two attached hydrogens (primary N) is 1. The van der Waals surface area contributed by atoms with Gasteiger partial charge in [-0.2, -0.15) is 0 Å². The molecule has 0 radical (unpaired) electrons. The van der Waals surface area contributed by atoms with Crippen LogP contribution in [0.4, 0.5) is 13.2 Å². The number of halogens is 3. The van der Waals surface area contributed by atoms with E-state index in [2.05, 4.69) is 9.98 Å². The molecule has 0 saturated carbocycles. The molecule has 0 bridgehead atoms. The molecule has 0 aliphatic rings. The third kappa shape index (κ3) is 4.21. The van der Waals surface area contributed by atoms with Crippen molar-refractivity contribution >= 4 is 5.84 Å². The molecular weight excluding hydrogens is 307 g/mol. The molecule has 0 saturated heterocycles. The van der Waals surface area contributed by atoms with Gasteiger partial charge in [0.2, 0.25) is 5.88 Å². The van der Waals surface area contributed by atoms with Gasteiger partial charge in [0.05, 0.1) is 13.7 Å². The van der Waals surface area contributed by atoms with Gasteiger partial charge in [-0.05, 0) is 11.6 Å². The van der Waals surface area contributed by atoms with Gasteiger partial charge in [0.15, 0.2) is 5.82 Å². The Bertz CT molecular complexity index is 710. The number of hydrogen-bond donors (Lipinski definition) is 1. The Morgan fingerprint density at radius 3 is 2.48 bits per heavy atom. The Balaban J connectivity index is 2.11. The number of benzene rings is 1. The van der Waals surface area contributed by atoms with Crippen LogP contribution in [-0.4, -0.2) is 17.9 Å². The topological polar surface area (TPSA) is 60.5 Å². The number of amidine groups is 1. The lowest BCUT2D eigenvalue weighted by Crippen LogP contribution is -2.14. The normalized spacial score (nSPS) is 12.3. The molecule has 23 heavy (non-hydrogen) atoms. The Morgan fingerprint density at radius 1 is 1.30 bits per heavy atom. The highest BCUT2D eigenvalue weighted by Crippen LogP contribution is 2.26. The molecule has 2 aromatic rings. The molecule has 2 rings (SSSR count). The van der Waals surface area contributed by atoms with Crippen LogP contribution in [0.2, 0.25) is 0 Å². The first-order valence-electron chi connectivity index (χ1n) is 6.78. The fourth-order valence-corrected chi connectivity index (χ4v) is 1.89. The van der Waals surface area contributed by atoms with Crippen molar-refractivity contribution in [1.29, 1.82) is 0 Å². The van der Waals surface area contributed by atoms with Gasteiger partial charge in [0.25, 0.3) is 5.92 Å². The van der Waals surface area contributed by atoms with Gasteiger partial charge in [0.1, 0.15) is 5.84 Å². The molecule has 0 amide bonds. The Labute approximate surface area is 131 Å². The zero-order chi connectivity index (χ0) is 17.0. The van der Waals surface area contributed by atoms with E-state index < -0.39 is 11.7 Å². The monoisotopic (exact) mass is 323 g/mol. The third-order valence-electron chi connectivity index (χ3n) is 3.19. The van der Waals surface area contributed by atoms with Crippen LogP contribution < -0.4 is 10.5 Å². The van der Waals surface area contributed by atoms with Crippen molar-refractivity contribution < 1.29 is 17.9 Å². The lowest BCUT2D eigenvalue weighted by atomic mass is 10.1. The maximum absolute atomic E-state index is 13.6. The van der Waals surface area contributed by atoms with Crippen molar-refractivity contribution in [2.24, 2.45) is 10.7 Å². The number of ether oxygens (including phenoxy) is 1. The lowest BCUT2D eigenvalue weighted by Gasteiger charge is -2.10. The Kier molecular flexibility index (Phi) is 4.88. The largest absolute Gasteiger partial charge is 0.479 e. The summed E-state index contributed by atoms with van der Waals surface area (Å²) in [4.78, 5) is 7.88. The van der Waals surface area contributed by atoms with Crippen LogP contribution in [0, 0.1) is 5.82 Å². The number of methoxy groups -OCH3 is 1. The first kappa shape index (κ1) is 16.8. The summed E-state index contributed by atoms with van der Waals surface area (Å²) in [7, 11) is 1.31. The maximum atomic E-state index is 13.6. The zero-order valence-corrected chi connectivity index (χ0v) is 12.7. The van der Waals surface area contributed by atoms with E-state index in [-0.39, 0.29) is 23.8 Å². The molecule has 0 aliphatic heterocycles. The Morgan fingerprint density at radius 2 is 1.96 bits per heavy atom. The minimum absolute atomic E-state index is 0.0698. The number of hydrogen-bond acceptors (Lipinski definition) is 3. The standard InChI is InChI=1S/C16H16F3N3O/c1-16(18,19)12-5-3-10(4-6-12)8-21-14(20)11-7-13(17)15(23-2)22-9-11/h3-7,9H,8H2,1-2H3,(H2,20,21). The minimum Gasteiger partial charge on any atom is -0.479 e. The van der Waals surface area contributed by atoms with E-state index in [1.54, 1.807) is 12.1 Å². The average molecular weight is 323 g/mol. The second kappa shape index (κ2) is 6.68. The highest BCUT2D eigenvalue weighted by molar-refractivity contribution is 5.97. The van der Waals surface area contributed by atoms with Crippen LogP contribution in [0.25, 0.3) is 0 Å². The smallest absolute Gasteiger partial charge is 0.270 e. The molecule has 122 valence electrons. The highest BCUT2D eigenvalue weighted by Gasteiger charge is 2.23. The molecule has 2 N–H and O–H groups in total. The quantitative estimate of drug-likeness (QED) is 0.679. The van der Waals surface area contributed by atoms with E-state index in [1.165, 1.54) is 31.5 Å². The molecule has 0 aliphatic carbocycles. The Hall–Kier alpha value is -2.57. The van der Waals surface area contributed by atoms with Crippen molar-refractivity contribution in [1.82, 2.24) is 4.98 Å². The molecule has 4 nitrogen and oxygen atoms in total. The van der Waals surface area contributed by atoms with E-state index in [1.807, 2.05) is 0 Å². The SMILES string of the molecule is COc1ncc(C(N)=NCc2ccc(C(C)(F)F)cc2)cc1F. The maximum Gasteiger partial charge on any atom is 0.270 e. The molecule has 0 spiro atoms.